The van der Waals surface area contributed by atoms with Crippen LogP contribution in [0.25, 0.3) is 0 Å². The Kier molecular flexibility index (Phi) is 17.0. The van der Waals surface area contributed by atoms with Crippen LogP contribution in [0.15, 0.2) is 72.8 Å². The van der Waals surface area contributed by atoms with Gasteiger partial charge in [0.25, 0.3) is 0 Å². The van der Waals surface area contributed by atoms with Crippen molar-refractivity contribution in [1.82, 2.24) is 14.7 Å². The Bertz CT molecular complexity index is 1280. The number of benzene rings is 3. The summed E-state index contributed by atoms with van der Waals surface area (Å²) in [5.41, 5.74) is 8.52. The van der Waals surface area contributed by atoms with Crippen molar-refractivity contribution in [2.75, 3.05) is 58.9 Å². The number of piperidine rings is 3. The Morgan fingerprint density at radius 3 is 0.885 bits per heavy atom. The second kappa shape index (κ2) is 21.8. The van der Waals surface area contributed by atoms with Crippen molar-refractivity contribution in [3.63, 3.8) is 0 Å². The fourth-order valence-electron chi connectivity index (χ4n) is 8.68. The smallest absolute Gasteiger partial charge is 0.303 e. The van der Waals surface area contributed by atoms with Crippen LogP contribution >= 0.6 is 0 Å². The van der Waals surface area contributed by atoms with Crippen LogP contribution < -0.4 is 0 Å². The number of likely N-dealkylation sites (tertiary alicyclic amines) is 3. The predicted molar refractivity (Wildman–Crippen MR) is 214 cm³/mol. The molecule has 0 saturated carbocycles. The summed E-state index contributed by atoms with van der Waals surface area (Å²) in [5, 5.41) is 0. The average molecular weight is 829 g/mol. The first-order valence-electron chi connectivity index (χ1n) is 20.4. The van der Waals surface area contributed by atoms with E-state index in [9.17, 15) is 0 Å². The van der Waals surface area contributed by atoms with Gasteiger partial charge in [0.15, 0.2) is 0 Å². The summed E-state index contributed by atoms with van der Waals surface area (Å²) in [5.74, 6) is 4.56. The summed E-state index contributed by atoms with van der Waals surface area (Å²) >= 11 is 0. The third-order valence-electron chi connectivity index (χ3n) is 11.8. The minimum Gasteiger partial charge on any atom is -0.303 e. The topological polar surface area (TPSA) is 9.72 Å². The number of rotatable bonds is 9. The van der Waals surface area contributed by atoms with E-state index in [1.807, 2.05) is 0 Å². The van der Waals surface area contributed by atoms with Crippen molar-refractivity contribution in [1.29, 1.82) is 0 Å². The Morgan fingerprint density at radius 1 is 0.327 bits per heavy atom. The fraction of sp³-hybridized carbons (Fsp3) is 0.438. The second-order valence-corrected chi connectivity index (χ2v) is 15.3. The van der Waals surface area contributed by atoms with Crippen LogP contribution in [0.4, 0.5) is 0 Å². The van der Waals surface area contributed by atoms with E-state index < -0.39 is 0 Å². The van der Waals surface area contributed by atoms with E-state index >= 15 is 0 Å². The zero-order chi connectivity index (χ0) is 34.5. The van der Waals surface area contributed by atoms with Crippen LogP contribution in [-0.4, -0.2) is 73.6 Å². The number of fused-ring (bicyclic) bond motifs is 3. The van der Waals surface area contributed by atoms with Crippen molar-refractivity contribution in [3.8, 4) is 0 Å². The molecule has 0 spiro atoms. The standard InChI is InChI=1S/3C16H20N.Sm/c3*1-4-11-17(12-5-1)13-10-15-9-8-14-6-2-3-7-16(14)15;/h3*2-3,6-9H,1,4-5,10-13H2;/q;;;+3. The second-order valence-electron chi connectivity index (χ2n) is 15.3. The Morgan fingerprint density at radius 2 is 0.596 bits per heavy atom. The van der Waals surface area contributed by atoms with E-state index in [0.29, 0.717) is 0 Å². The molecule has 270 valence electrons. The maximum atomic E-state index is 2.62. The summed E-state index contributed by atoms with van der Waals surface area (Å²) in [6.45, 7) is 11.5. The van der Waals surface area contributed by atoms with E-state index in [0.717, 1.165) is 0 Å². The molecule has 3 nitrogen and oxygen atoms in total. The van der Waals surface area contributed by atoms with Gasteiger partial charge in [0.05, 0.1) is 0 Å². The van der Waals surface area contributed by atoms with Gasteiger partial charge in [-0.1, -0.05) is 92.1 Å². The molecule has 0 aromatic heterocycles. The summed E-state index contributed by atoms with van der Waals surface area (Å²) in [7, 11) is 0. The molecule has 52 heavy (non-hydrogen) atoms. The third-order valence-corrected chi connectivity index (χ3v) is 11.8. The molecule has 0 atom stereocenters. The molecule has 3 heterocycles. The molecular formula is C48H60N3Sm+3. The minimum absolute atomic E-state index is 0. The molecule has 0 bridgehead atoms. The van der Waals surface area contributed by atoms with Gasteiger partial charge in [-0.3, -0.25) is 0 Å². The number of nitrogens with zero attached hydrogens (tertiary/aromatic N) is 3. The molecule has 3 fully saturated rings. The van der Waals surface area contributed by atoms with Gasteiger partial charge < -0.3 is 14.7 Å². The van der Waals surface area contributed by atoms with Crippen molar-refractivity contribution in [3.05, 3.63) is 162 Å². The molecule has 3 saturated heterocycles. The Hall–Kier alpha value is -1.12. The Balaban J connectivity index is 0.000000133. The molecule has 3 aromatic carbocycles. The zero-order valence-corrected chi connectivity index (χ0v) is 34.1. The molecule has 6 aliphatic rings. The van der Waals surface area contributed by atoms with Crippen LogP contribution in [0.1, 0.15) is 110 Å². The van der Waals surface area contributed by atoms with Crippen LogP contribution in [0.3, 0.4) is 0 Å². The predicted octanol–water partition coefficient (Wildman–Crippen LogP) is 9.77. The van der Waals surface area contributed by atoms with Gasteiger partial charge >= 0.3 is 40.4 Å². The molecule has 3 aromatic rings. The van der Waals surface area contributed by atoms with Crippen LogP contribution in [0.5, 0.6) is 0 Å². The van der Waals surface area contributed by atoms with Crippen LogP contribution in [-0.2, 0) is 0 Å². The molecule has 3 aliphatic carbocycles. The maximum absolute atomic E-state index is 2.62. The largest absolute Gasteiger partial charge is 3.00 e. The van der Waals surface area contributed by atoms with Gasteiger partial charge in [-0.2, -0.15) is 0 Å². The normalized spacial score (nSPS) is 21.2. The molecule has 3 aliphatic heterocycles. The first kappa shape index (κ1) is 40.5. The first-order chi connectivity index (χ1) is 25.3. The molecule has 0 amide bonds. The number of hydrogen-bond donors (Lipinski definition) is 0. The zero-order valence-electron chi connectivity index (χ0n) is 31.5. The number of hydrogen-bond acceptors (Lipinski definition) is 3. The summed E-state index contributed by atoms with van der Waals surface area (Å²) in [4.78, 5) is 7.85. The molecule has 0 N–H and O–H groups in total. The van der Waals surface area contributed by atoms with Crippen molar-refractivity contribution >= 4 is 0 Å². The van der Waals surface area contributed by atoms with E-state index in [4.69, 9.17) is 0 Å². The molecule has 9 rings (SSSR count). The molecule has 10 radical (unpaired) electrons. The molecule has 0 unspecified atom stereocenters. The monoisotopic (exact) mass is 830 g/mol. The fourth-order valence-corrected chi connectivity index (χ4v) is 8.68. The van der Waals surface area contributed by atoms with E-state index in [-0.39, 0.29) is 40.4 Å². The third kappa shape index (κ3) is 11.7. The van der Waals surface area contributed by atoms with Crippen LogP contribution in [0.2, 0.25) is 0 Å². The van der Waals surface area contributed by atoms with Gasteiger partial charge in [0.1, 0.15) is 0 Å². The van der Waals surface area contributed by atoms with Gasteiger partial charge in [-0.15, -0.1) is 0 Å². The van der Waals surface area contributed by atoms with E-state index in [1.54, 1.807) is 0 Å². The quantitative estimate of drug-likeness (QED) is 0.213. The van der Waals surface area contributed by atoms with Gasteiger partial charge in [-0.05, 0) is 189 Å². The van der Waals surface area contributed by atoms with Gasteiger partial charge in [0.2, 0.25) is 0 Å². The van der Waals surface area contributed by atoms with Gasteiger partial charge in [0, 0.05) is 17.8 Å². The van der Waals surface area contributed by atoms with Gasteiger partial charge in [-0.25, -0.2) is 0 Å². The first-order valence-corrected chi connectivity index (χ1v) is 20.4. The molecule has 4 heteroatoms. The maximum Gasteiger partial charge on any atom is 3.00 e. The van der Waals surface area contributed by atoms with E-state index in [1.165, 1.54) is 187 Å². The minimum atomic E-state index is 0. The summed E-state index contributed by atoms with van der Waals surface area (Å²) in [6.07, 6.45) is 29.9. The average Bonchev–Trinajstić information content (AvgIpc) is 3.94. The van der Waals surface area contributed by atoms with E-state index in [2.05, 4.69) is 126 Å². The Labute approximate surface area is 350 Å². The van der Waals surface area contributed by atoms with Crippen molar-refractivity contribution in [2.45, 2.75) is 77.0 Å². The van der Waals surface area contributed by atoms with Crippen molar-refractivity contribution < 1.29 is 40.4 Å². The summed E-state index contributed by atoms with van der Waals surface area (Å²) < 4.78 is 0. The molecular weight excluding hydrogens is 769 g/mol. The SMILES string of the molecule is [CH]1[CH]c2ccccc2[C]1CCN1CCCCC1.[CH]1[CH]c2ccccc2[C]1CCN1CCCCC1.[CH]1[CH]c2ccccc2[C]1CCN1CCCCC1.[Sm+3]. The van der Waals surface area contributed by atoms with Crippen LogP contribution in [0, 0.1) is 96.7 Å². The summed E-state index contributed by atoms with van der Waals surface area (Å²) in [6, 6.07) is 26.2. The van der Waals surface area contributed by atoms with Crippen molar-refractivity contribution in [2.24, 2.45) is 0 Å².